The summed E-state index contributed by atoms with van der Waals surface area (Å²) in [5.74, 6) is 1.42. The van der Waals surface area contributed by atoms with E-state index in [0.717, 1.165) is 29.2 Å². The van der Waals surface area contributed by atoms with E-state index in [0.29, 0.717) is 10.6 Å². The first-order valence-electron chi connectivity index (χ1n) is 6.60. The lowest BCUT2D eigenvalue weighted by Crippen LogP contribution is -2.38. The minimum atomic E-state index is 0.368. The number of rotatable bonds is 4. The van der Waals surface area contributed by atoms with Gasteiger partial charge in [-0.15, -0.1) is 11.6 Å². The molecule has 2 aromatic rings. The lowest BCUT2D eigenvalue weighted by atomic mass is 9.84. The van der Waals surface area contributed by atoms with Gasteiger partial charge in [-0.05, 0) is 26.0 Å². The second-order valence-electron chi connectivity index (χ2n) is 5.37. The van der Waals surface area contributed by atoms with Gasteiger partial charge in [0.05, 0.1) is 11.6 Å². The number of hydrogen-bond donors (Lipinski definition) is 0. The summed E-state index contributed by atoms with van der Waals surface area (Å²) in [4.78, 5) is 4.67. The number of nitrogens with zero attached hydrogens (tertiary/aromatic N) is 4. The van der Waals surface area contributed by atoms with Crippen LogP contribution in [0.2, 0.25) is 0 Å². The Morgan fingerprint density at radius 2 is 2.16 bits per heavy atom. The van der Waals surface area contributed by atoms with E-state index in [1.54, 1.807) is 0 Å². The molecule has 104 valence electrons. The lowest BCUT2D eigenvalue weighted by Gasteiger charge is -2.41. The van der Waals surface area contributed by atoms with Crippen molar-refractivity contribution in [2.45, 2.75) is 43.4 Å². The Kier molecular flexibility index (Phi) is 3.29. The minimum absolute atomic E-state index is 0.368. The molecule has 0 saturated heterocycles. The van der Waals surface area contributed by atoms with E-state index in [1.165, 1.54) is 19.3 Å². The molecule has 0 unspecified atom stereocenters. The van der Waals surface area contributed by atoms with Gasteiger partial charge in [0.2, 0.25) is 0 Å². The maximum absolute atomic E-state index is 6.08. The van der Waals surface area contributed by atoms with Gasteiger partial charge >= 0.3 is 0 Å². The second kappa shape index (κ2) is 4.70. The van der Waals surface area contributed by atoms with Gasteiger partial charge in [-0.2, -0.15) is 16.9 Å². The van der Waals surface area contributed by atoms with Crippen molar-refractivity contribution in [2.24, 2.45) is 7.05 Å². The van der Waals surface area contributed by atoms with E-state index in [2.05, 4.69) is 20.9 Å². The number of aromatic nitrogens is 4. The molecular formula is C13H19ClN4S. The Hall–Kier alpha value is -0.680. The van der Waals surface area contributed by atoms with Crippen LogP contribution in [0.1, 0.15) is 30.8 Å². The summed E-state index contributed by atoms with van der Waals surface area (Å²) in [6.07, 6.45) is 6.11. The van der Waals surface area contributed by atoms with Crippen molar-refractivity contribution in [1.29, 1.82) is 0 Å². The van der Waals surface area contributed by atoms with Crippen molar-refractivity contribution >= 4 is 34.5 Å². The van der Waals surface area contributed by atoms with E-state index in [4.69, 9.17) is 11.6 Å². The molecule has 2 heterocycles. The van der Waals surface area contributed by atoms with Crippen LogP contribution in [0.25, 0.3) is 11.2 Å². The third-order valence-electron chi connectivity index (χ3n) is 4.23. The first-order chi connectivity index (χ1) is 9.10. The van der Waals surface area contributed by atoms with Gasteiger partial charge in [0.25, 0.3) is 0 Å². The van der Waals surface area contributed by atoms with E-state index in [9.17, 15) is 0 Å². The van der Waals surface area contributed by atoms with Crippen molar-refractivity contribution in [2.75, 3.05) is 6.26 Å². The highest BCUT2D eigenvalue weighted by Gasteiger charge is 2.37. The first-order valence-corrected chi connectivity index (χ1v) is 8.36. The van der Waals surface area contributed by atoms with Crippen LogP contribution in [0.3, 0.4) is 0 Å². The zero-order valence-corrected chi connectivity index (χ0v) is 13.2. The molecule has 0 aliphatic heterocycles. The van der Waals surface area contributed by atoms with Crippen molar-refractivity contribution < 1.29 is 0 Å². The summed E-state index contributed by atoms with van der Waals surface area (Å²) in [6, 6.07) is 0. The SMILES string of the molecule is CSC1(Cn2c(CCl)nc3c(C)nn(C)c32)CCC1. The zero-order chi connectivity index (χ0) is 13.6. The molecule has 2 aromatic heterocycles. The Balaban J connectivity index is 2.10. The zero-order valence-electron chi connectivity index (χ0n) is 11.6. The molecule has 1 aliphatic rings. The fraction of sp³-hybridized carbons (Fsp3) is 0.692. The number of thioether (sulfide) groups is 1. The summed E-state index contributed by atoms with van der Waals surface area (Å²) >= 11 is 8.05. The van der Waals surface area contributed by atoms with E-state index < -0.39 is 0 Å². The Morgan fingerprint density at radius 1 is 1.42 bits per heavy atom. The highest BCUT2D eigenvalue weighted by molar-refractivity contribution is 8.00. The maximum Gasteiger partial charge on any atom is 0.158 e. The molecule has 1 aliphatic carbocycles. The number of alkyl halides is 1. The predicted octanol–water partition coefficient (Wildman–Crippen LogP) is 3.10. The number of halogens is 1. The van der Waals surface area contributed by atoms with Crippen LogP contribution in [0.15, 0.2) is 0 Å². The fourth-order valence-corrected chi connectivity index (χ4v) is 4.09. The molecule has 19 heavy (non-hydrogen) atoms. The largest absolute Gasteiger partial charge is 0.310 e. The third kappa shape index (κ3) is 1.98. The van der Waals surface area contributed by atoms with Gasteiger partial charge < -0.3 is 4.57 Å². The first kappa shape index (κ1) is 13.3. The van der Waals surface area contributed by atoms with Gasteiger partial charge in [-0.25, -0.2) is 4.98 Å². The summed E-state index contributed by atoms with van der Waals surface area (Å²) in [5, 5.41) is 4.47. The van der Waals surface area contributed by atoms with Crippen LogP contribution in [0.5, 0.6) is 0 Å². The molecule has 6 heteroatoms. The van der Waals surface area contributed by atoms with Crippen molar-refractivity contribution in [3.8, 4) is 0 Å². The molecule has 0 amide bonds. The summed E-state index contributed by atoms with van der Waals surface area (Å²) in [6.45, 7) is 3.00. The topological polar surface area (TPSA) is 35.6 Å². The van der Waals surface area contributed by atoms with E-state index in [-0.39, 0.29) is 0 Å². The molecule has 0 N–H and O–H groups in total. The summed E-state index contributed by atoms with van der Waals surface area (Å²) in [7, 11) is 1.98. The summed E-state index contributed by atoms with van der Waals surface area (Å²) in [5.41, 5.74) is 3.08. The highest BCUT2D eigenvalue weighted by atomic mass is 35.5. The number of imidazole rings is 1. The highest BCUT2D eigenvalue weighted by Crippen LogP contribution is 2.44. The molecule has 1 saturated carbocycles. The molecule has 0 bridgehead atoms. The lowest BCUT2D eigenvalue weighted by molar-refractivity contribution is 0.321. The van der Waals surface area contributed by atoms with Gasteiger partial charge in [-0.1, -0.05) is 6.42 Å². The smallest absolute Gasteiger partial charge is 0.158 e. The van der Waals surface area contributed by atoms with Crippen LogP contribution in [-0.4, -0.2) is 30.3 Å². The van der Waals surface area contributed by atoms with Crippen molar-refractivity contribution in [1.82, 2.24) is 19.3 Å². The Labute approximate surface area is 122 Å². The van der Waals surface area contributed by atoms with Crippen LogP contribution in [-0.2, 0) is 19.5 Å². The predicted molar refractivity (Wildman–Crippen MR) is 80.9 cm³/mol. The molecule has 0 radical (unpaired) electrons. The van der Waals surface area contributed by atoms with Crippen molar-refractivity contribution in [3.63, 3.8) is 0 Å². The summed E-state index contributed by atoms with van der Waals surface area (Å²) < 4.78 is 4.57. The van der Waals surface area contributed by atoms with E-state index >= 15 is 0 Å². The number of fused-ring (bicyclic) bond motifs is 1. The van der Waals surface area contributed by atoms with Crippen molar-refractivity contribution in [3.05, 3.63) is 11.5 Å². The van der Waals surface area contributed by atoms with Crippen LogP contribution in [0.4, 0.5) is 0 Å². The molecule has 0 aromatic carbocycles. The molecule has 4 nitrogen and oxygen atoms in total. The van der Waals surface area contributed by atoms with Gasteiger partial charge in [0.15, 0.2) is 5.65 Å². The average molecular weight is 299 g/mol. The Bertz CT molecular complexity index is 606. The number of aryl methyl sites for hydroxylation is 2. The van der Waals surface area contributed by atoms with Crippen LogP contribution >= 0.6 is 23.4 Å². The van der Waals surface area contributed by atoms with E-state index in [1.807, 2.05) is 30.4 Å². The quantitative estimate of drug-likeness (QED) is 0.814. The third-order valence-corrected chi connectivity index (χ3v) is 5.88. The standard InChI is InChI=1S/C13H19ClN4S/c1-9-11-12(17(2)16-9)18(10(7-14)15-11)8-13(19-3)5-4-6-13/h4-8H2,1-3H3. The molecular weight excluding hydrogens is 280 g/mol. The maximum atomic E-state index is 6.08. The number of hydrogen-bond acceptors (Lipinski definition) is 3. The molecule has 0 spiro atoms. The minimum Gasteiger partial charge on any atom is -0.310 e. The van der Waals surface area contributed by atoms with Gasteiger partial charge in [-0.3, -0.25) is 4.68 Å². The normalized spacial score (nSPS) is 17.9. The van der Waals surface area contributed by atoms with Gasteiger partial charge in [0.1, 0.15) is 11.3 Å². The van der Waals surface area contributed by atoms with Crippen LogP contribution < -0.4 is 0 Å². The molecule has 0 atom stereocenters. The fourth-order valence-electron chi connectivity index (χ4n) is 2.93. The Morgan fingerprint density at radius 3 is 2.68 bits per heavy atom. The van der Waals surface area contributed by atoms with Crippen LogP contribution in [0, 0.1) is 6.92 Å². The second-order valence-corrected chi connectivity index (χ2v) is 6.91. The monoisotopic (exact) mass is 298 g/mol. The molecule has 3 rings (SSSR count). The molecule has 1 fully saturated rings. The average Bonchev–Trinajstić information content (AvgIpc) is 2.83. The van der Waals surface area contributed by atoms with Gasteiger partial charge in [0, 0.05) is 18.3 Å².